The summed E-state index contributed by atoms with van der Waals surface area (Å²) in [7, 11) is 0. The lowest BCUT2D eigenvalue weighted by Gasteiger charge is -2.13. The van der Waals surface area contributed by atoms with Gasteiger partial charge in [-0.05, 0) is 49.1 Å². The van der Waals surface area contributed by atoms with Gasteiger partial charge < -0.3 is 15.0 Å². The van der Waals surface area contributed by atoms with Crippen molar-refractivity contribution in [2.75, 3.05) is 18.9 Å². The predicted octanol–water partition coefficient (Wildman–Crippen LogP) is 4.04. The highest BCUT2D eigenvalue weighted by molar-refractivity contribution is 7.99. The third-order valence-corrected chi connectivity index (χ3v) is 5.97. The summed E-state index contributed by atoms with van der Waals surface area (Å²) in [6, 6.07) is 11.2. The number of fused-ring (bicyclic) bond motifs is 1. The van der Waals surface area contributed by atoms with Gasteiger partial charge in [0.2, 0.25) is 5.91 Å². The second-order valence-corrected chi connectivity index (χ2v) is 9.07. The Morgan fingerprint density at radius 1 is 1.30 bits per heavy atom. The molecule has 2 N–H and O–H groups in total. The Bertz CT molecular complexity index is 1160. The number of carbonyl (C=O) groups is 1. The fourth-order valence-corrected chi connectivity index (χ4v) is 4.10. The van der Waals surface area contributed by atoms with Crippen LogP contribution >= 0.6 is 11.8 Å². The van der Waals surface area contributed by atoms with E-state index in [0.29, 0.717) is 66.0 Å². The van der Waals surface area contributed by atoms with E-state index in [0.717, 1.165) is 12.2 Å². The second-order valence-electron chi connectivity index (χ2n) is 8.01. The Morgan fingerprint density at radius 2 is 2.09 bits per heavy atom. The van der Waals surface area contributed by atoms with Crippen LogP contribution in [0.5, 0.6) is 5.75 Å². The Morgan fingerprint density at radius 3 is 2.82 bits per heavy atom. The van der Waals surface area contributed by atoms with Crippen LogP contribution in [0.25, 0.3) is 16.7 Å². The summed E-state index contributed by atoms with van der Waals surface area (Å²) in [5.41, 5.74) is 1.60. The van der Waals surface area contributed by atoms with E-state index in [4.69, 9.17) is 10.00 Å². The number of hydrogen-bond donors (Lipinski definition) is 2. The van der Waals surface area contributed by atoms with E-state index in [1.54, 1.807) is 16.8 Å². The fraction of sp³-hybridized carbons (Fsp3) is 0.417. The molecular formula is C24H29N5O3S. The Kier molecular flexibility index (Phi) is 8.95. The van der Waals surface area contributed by atoms with E-state index in [2.05, 4.69) is 29.1 Å². The molecule has 0 saturated heterocycles. The van der Waals surface area contributed by atoms with Crippen LogP contribution in [0.1, 0.15) is 39.5 Å². The number of hydrogen-bond acceptors (Lipinski definition) is 6. The zero-order valence-corrected chi connectivity index (χ0v) is 19.8. The van der Waals surface area contributed by atoms with Gasteiger partial charge in [-0.15, -0.1) is 0 Å². The maximum atomic E-state index is 13.2. The number of carbonyl (C=O) groups excluding carboxylic acids is 1. The van der Waals surface area contributed by atoms with E-state index >= 15 is 0 Å². The first kappa shape index (κ1) is 24.4. The van der Waals surface area contributed by atoms with Crippen LogP contribution in [0, 0.1) is 17.2 Å². The molecule has 0 bridgehead atoms. The van der Waals surface area contributed by atoms with Crippen LogP contribution in [0.15, 0.2) is 46.5 Å². The molecule has 0 aliphatic heterocycles. The summed E-state index contributed by atoms with van der Waals surface area (Å²) in [5, 5.41) is 11.8. The first-order valence-electron chi connectivity index (χ1n) is 11.1. The van der Waals surface area contributed by atoms with Gasteiger partial charge in [0.15, 0.2) is 5.16 Å². The zero-order valence-electron chi connectivity index (χ0n) is 19.0. The number of thioether (sulfide) groups is 1. The molecule has 9 heteroatoms. The minimum Gasteiger partial charge on any atom is -0.494 e. The standard InChI is InChI=1S/C24H29N5O3S/c1-17(2)11-15-32-19-8-6-18(7-9-19)29-23(31)22-20(10-14-27-22)28-24(29)33-16-3-5-21(30)26-13-4-12-25/h6-10,14,17,27H,3-5,11,13,15-16H2,1-2H3,(H,26,30). The highest BCUT2D eigenvalue weighted by atomic mass is 32.2. The molecule has 0 saturated carbocycles. The summed E-state index contributed by atoms with van der Waals surface area (Å²) >= 11 is 1.44. The molecule has 3 rings (SSSR count). The number of nitriles is 1. The average Bonchev–Trinajstić information content (AvgIpc) is 3.27. The van der Waals surface area contributed by atoms with Crippen molar-refractivity contribution in [2.45, 2.75) is 44.7 Å². The summed E-state index contributed by atoms with van der Waals surface area (Å²) in [5.74, 6) is 1.89. The molecule has 2 heterocycles. The number of nitrogens with zero attached hydrogens (tertiary/aromatic N) is 3. The molecule has 0 radical (unpaired) electrons. The average molecular weight is 468 g/mol. The number of aromatic amines is 1. The topological polar surface area (TPSA) is 113 Å². The lowest BCUT2D eigenvalue weighted by atomic mass is 10.1. The van der Waals surface area contributed by atoms with Gasteiger partial charge in [-0.1, -0.05) is 25.6 Å². The molecule has 0 aliphatic rings. The van der Waals surface area contributed by atoms with Crippen LogP contribution in [0.2, 0.25) is 0 Å². The number of ether oxygens (including phenoxy) is 1. The quantitative estimate of drug-likeness (QED) is 0.236. The summed E-state index contributed by atoms with van der Waals surface area (Å²) < 4.78 is 7.38. The smallest absolute Gasteiger partial charge is 0.283 e. The number of benzene rings is 1. The minimum absolute atomic E-state index is 0.0784. The van der Waals surface area contributed by atoms with Gasteiger partial charge in [0.05, 0.1) is 30.3 Å². The van der Waals surface area contributed by atoms with Crippen LogP contribution in [-0.4, -0.2) is 39.3 Å². The number of aromatic nitrogens is 3. The first-order chi connectivity index (χ1) is 16.0. The Labute approximate surface area is 197 Å². The predicted molar refractivity (Wildman–Crippen MR) is 130 cm³/mol. The molecule has 174 valence electrons. The normalized spacial score (nSPS) is 11.0. The van der Waals surface area contributed by atoms with E-state index in [9.17, 15) is 9.59 Å². The zero-order chi connectivity index (χ0) is 23.6. The van der Waals surface area contributed by atoms with Crippen molar-refractivity contribution in [1.29, 1.82) is 5.26 Å². The van der Waals surface area contributed by atoms with Gasteiger partial charge >= 0.3 is 0 Å². The lowest BCUT2D eigenvalue weighted by Crippen LogP contribution is -2.24. The molecular weight excluding hydrogens is 438 g/mol. The molecule has 1 amide bonds. The molecule has 0 fully saturated rings. The molecule has 2 aromatic heterocycles. The van der Waals surface area contributed by atoms with Gasteiger partial charge in [0.1, 0.15) is 11.3 Å². The third kappa shape index (κ3) is 6.86. The van der Waals surface area contributed by atoms with Crippen LogP contribution in [0.3, 0.4) is 0 Å². The van der Waals surface area contributed by atoms with Gasteiger partial charge in [-0.2, -0.15) is 5.26 Å². The molecule has 0 spiro atoms. The van der Waals surface area contributed by atoms with Crippen molar-refractivity contribution in [3.05, 3.63) is 46.9 Å². The molecule has 0 unspecified atom stereocenters. The first-order valence-corrected chi connectivity index (χ1v) is 12.1. The van der Waals surface area contributed by atoms with Crippen molar-refractivity contribution in [2.24, 2.45) is 5.92 Å². The molecule has 3 aromatic rings. The number of nitrogens with one attached hydrogen (secondary N) is 2. The van der Waals surface area contributed by atoms with Crippen LogP contribution < -0.4 is 15.6 Å². The summed E-state index contributed by atoms with van der Waals surface area (Å²) in [6.45, 7) is 5.33. The largest absolute Gasteiger partial charge is 0.494 e. The van der Waals surface area contributed by atoms with Gasteiger partial charge in [-0.25, -0.2) is 4.98 Å². The monoisotopic (exact) mass is 467 g/mol. The maximum absolute atomic E-state index is 13.2. The number of rotatable bonds is 12. The van der Waals surface area contributed by atoms with Crippen molar-refractivity contribution < 1.29 is 9.53 Å². The summed E-state index contributed by atoms with van der Waals surface area (Å²) in [6.07, 6.45) is 3.97. The van der Waals surface area contributed by atoms with Crippen molar-refractivity contribution in [3.8, 4) is 17.5 Å². The molecule has 33 heavy (non-hydrogen) atoms. The molecule has 0 atom stereocenters. The van der Waals surface area contributed by atoms with Gasteiger partial charge in [-0.3, -0.25) is 14.2 Å². The molecule has 1 aromatic carbocycles. The van der Waals surface area contributed by atoms with Crippen LogP contribution in [0.4, 0.5) is 0 Å². The molecule has 8 nitrogen and oxygen atoms in total. The molecule has 0 aliphatic carbocycles. The lowest BCUT2D eigenvalue weighted by molar-refractivity contribution is -0.121. The fourth-order valence-electron chi connectivity index (χ4n) is 3.15. The maximum Gasteiger partial charge on any atom is 0.283 e. The Balaban J connectivity index is 1.72. The Hall–Kier alpha value is -3.25. The number of amides is 1. The SMILES string of the molecule is CC(C)CCOc1ccc(-n2c(SCCCC(=O)NCCC#N)nc3cc[nH]c3c2=O)cc1. The third-order valence-electron chi connectivity index (χ3n) is 4.95. The van der Waals surface area contributed by atoms with E-state index in [1.807, 2.05) is 30.3 Å². The second kappa shape index (κ2) is 12.1. The minimum atomic E-state index is -0.171. The van der Waals surface area contributed by atoms with Crippen molar-refractivity contribution in [3.63, 3.8) is 0 Å². The highest BCUT2D eigenvalue weighted by Crippen LogP contribution is 2.23. The van der Waals surface area contributed by atoms with Gasteiger partial charge in [0, 0.05) is 24.9 Å². The van der Waals surface area contributed by atoms with E-state index < -0.39 is 0 Å². The number of H-pyrrole nitrogens is 1. The van der Waals surface area contributed by atoms with Crippen molar-refractivity contribution in [1.82, 2.24) is 19.9 Å². The summed E-state index contributed by atoms with van der Waals surface area (Å²) in [4.78, 5) is 32.7. The van der Waals surface area contributed by atoms with Crippen molar-refractivity contribution >= 4 is 28.7 Å². The van der Waals surface area contributed by atoms with Gasteiger partial charge in [0.25, 0.3) is 5.56 Å². The van der Waals surface area contributed by atoms with E-state index in [1.165, 1.54) is 11.8 Å². The van der Waals surface area contributed by atoms with E-state index in [-0.39, 0.29) is 11.5 Å². The van der Waals surface area contributed by atoms with Crippen LogP contribution in [-0.2, 0) is 4.79 Å². The highest BCUT2D eigenvalue weighted by Gasteiger charge is 2.14.